The summed E-state index contributed by atoms with van der Waals surface area (Å²) in [6, 6.07) is 9.11. The molecule has 1 aromatic carbocycles. The van der Waals surface area contributed by atoms with Gasteiger partial charge in [0.2, 0.25) is 11.9 Å². The number of para-hydroxylation sites is 1. The summed E-state index contributed by atoms with van der Waals surface area (Å²) in [6.07, 6.45) is 4.60. The molecule has 9 nitrogen and oxygen atoms in total. The van der Waals surface area contributed by atoms with Crippen molar-refractivity contribution in [2.24, 2.45) is 0 Å². The van der Waals surface area contributed by atoms with Gasteiger partial charge in [0.05, 0.1) is 17.4 Å². The van der Waals surface area contributed by atoms with E-state index in [1.807, 2.05) is 23.1 Å². The number of hydrogen-bond acceptors (Lipinski definition) is 7. The molecule has 1 fully saturated rings. The van der Waals surface area contributed by atoms with Gasteiger partial charge in [0.15, 0.2) is 0 Å². The number of aromatic amines is 1. The third-order valence-electron chi connectivity index (χ3n) is 5.18. The van der Waals surface area contributed by atoms with Crippen molar-refractivity contribution in [1.82, 2.24) is 29.7 Å². The van der Waals surface area contributed by atoms with Crippen molar-refractivity contribution in [3.05, 3.63) is 58.9 Å². The SMILES string of the molecule is O=C(CCCNc1ncccn1)N1CCN(Cc2nc3ccccc3c(=O)[nH]2)CC1. The minimum absolute atomic E-state index is 0.112. The molecule has 2 aromatic heterocycles. The maximum absolute atomic E-state index is 12.5. The van der Waals surface area contributed by atoms with Gasteiger partial charge in [-0.1, -0.05) is 12.1 Å². The maximum Gasteiger partial charge on any atom is 0.258 e. The summed E-state index contributed by atoms with van der Waals surface area (Å²) in [5, 5.41) is 3.72. The minimum Gasteiger partial charge on any atom is -0.354 e. The van der Waals surface area contributed by atoms with Crippen LogP contribution in [0.25, 0.3) is 10.9 Å². The molecule has 1 amide bonds. The van der Waals surface area contributed by atoms with Gasteiger partial charge in [-0.15, -0.1) is 0 Å². The van der Waals surface area contributed by atoms with Gasteiger partial charge in [-0.2, -0.15) is 0 Å². The molecule has 9 heteroatoms. The molecule has 2 N–H and O–H groups in total. The number of nitrogens with one attached hydrogen (secondary N) is 2. The zero-order valence-electron chi connectivity index (χ0n) is 16.8. The molecule has 0 radical (unpaired) electrons. The van der Waals surface area contributed by atoms with Crippen LogP contribution in [0.5, 0.6) is 0 Å². The first-order valence-corrected chi connectivity index (χ1v) is 10.2. The topological polar surface area (TPSA) is 107 Å². The number of fused-ring (bicyclic) bond motifs is 1. The van der Waals surface area contributed by atoms with Crippen molar-refractivity contribution >= 4 is 22.8 Å². The highest BCUT2D eigenvalue weighted by molar-refractivity contribution is 5.77. The summed E-state index contributed by atoms with van der Waals surface area (Å²) in [5.41, 5.74) is 0.596. The van der Waals surface area contributed by atoms with Gasteiger partial charge < -0.3 is 15.2 Å². The highest BCUT2D eigenvalue weighted by atomic mass is 16.2. The van der Waals surface area contributed by atoms with E-state index < -0.39 is 0 Å². The molecule has 1 saturated heterocycles. The third kappa shape index (κ3) is 4.98. The van der Waals surface area contributed by atoms with Crippen LogP contribution in [0.3, 0.4) is 0 Å². The van der Waals surface area contributed by atoms with Crippen LogP contribution < -0.4 is 10.9 Å². The lowest BCUT2D eigenvalue weighted by Gasteiger charge is -2.34. The third-order valence-corrected chi connectivity index (χ3v) is 5.18. The maximum atomic E-state index is 12.5. The number of carbonyl (C=O) groups excluding carboxylic acids is 1. The summed E-state index contributed by atoms with van der Waals surface area (Å²) >= 11 is 0. The summed E-state index contributed by atoms with van der Waals surface area (Å²) in [6.45, 7) is 4.13. The van der Waals surface area contributed by atoms with E-state index in [1.54, 1.807) is 24.5 Å². The summed E-state index contributed by atoms with van der Waals surface area (Å²) in [7, 11) is 0. The standard InChI is InChI=1S/C21H25N7O2/c29-19(7-3-8-22-21-23-9-4-10-24-21)28-13-11-27(12-14-28)15-18-25-17-6-2-1-5-16(17)20(30)26-18/h1-2,4-6,9-10H,3,7-8,11-15H2,(H,22,23,24)(H,25,26,30). The van der Waals surface area contributed by atoms with E-state index in [0.29, 0.717) is 55.3 Å². The molecule has 156 valence electrons. The molecule has 1 aliphatic heterocycles. The average molecular weight is 407 g/mol. The Morgan fingerprint density at radius 2 is 1.83 bits per heavy atom. The molecular weight excluding hydrogens is 382 g/mol. The number of nitrogens with zero attached hydrogens (tertiary/aromatic N) is 5. The Kier molecular flexibility index (Phi) is 6.29. The van der Waals surface area contributed by atoms with Gasteiger partial charge >= 0.3 is 0 Å². The Morgan fingerprint density at radius 1 is 1.07 bits per heavy atom. The number of benzene rings is 1. The summed E-state index contributed by atoms with van der Waals surface area (Å²) in [4.78, 5) is 44.4. The van der Waals surface area contributed by atoms with Crippen LogP contribution in [0.1, 0.15) is 18.7 Å². The number of amides is 1. The fourth-order valence-electron chi connectivity index (χ4n) is 3.57. The quantitative estimate of drug-likeness (QED) is 0.568. The van der Waals surface area contributed by atoms with Crippen LogP contribution >= 0.6 is 0 Å². The Morgan fingerprint density at radius 3 is 2.63 bits per heavy atom. The van der Waals surface area contributed by atoms with Gasteiger partial charge in [-0.05, 0) is 24.6 Å². The van der Waals surface area contributed by atoms with E-state index in [9.17, 15) is 9.59 Å². The smallest absolute Gasteiger partial charge is 0.258 e. The fraction of sp³-hybridized carbons (Fsp3) is 0.381. The zero-order valence-corrected chi connectivity index (χ0v) is 16.8. The second-order valence-corrected chi connectivity index (χ2v) is 7.29. The molecule has 1 aliphatic rings. The minimum atomic E-state index is -0.112. The Hall–Kier alpha value is -3.33. The first kappa shape index (κ1) is 20.0. The lowest BCUT2D eigenvalue weighted by atomic mass is 10.2. The van der Waals surface area contributed by atoms with Crippen molar-refractivity contribution in [2.45, 2.75) is 19.4 Å². The molecule has 0 saturated carbocycles. The predicted octanol–water partition coefficient (Wildman–Crippen LogP) is 1.25. The van der Waals surface area contributed by atoms with Crippen LogP contribution in [-0.4, -0.2) is 68.4 Å². The molecule has 0 aliphatic carbocycles. The van der Waals surface area contributed by atoms with Crippen molar-refractivity contribution in [1.29, 1.82) is 0 Å². The number of carbonyl (C=O) groups is 1. The average Bonchev–Trinajstić information content (AvgIpc) is 2.78. The second kappa shape index (κ2) is 9.45. The first-order valence-electron chi connectivity index (χ1n) is 10.2. The van der Waals surface area contributed by atoms with E-state index in [1.165, 1.54) is 0 Å². The van der Waals surface area contributed by atoms with Crippen molar-refractivity contribution in [2.75, 3.05) is 38.0 Å². The predicted molar refractivity (Wildman–Crippen MR) is 114 cm³/mol. The largest absolute Gasteiger partial charge is 0.354 e. The van der Waals surface area contributed by atoms with E-state index in [0.717, 1.165) is 19.5 Å². The van der Waals surface area contributed by atoms with Crippen molar-refractivity contribution in [3.8, 4) is 0 Å². The lowest BCUT2D eigenvalue weighted by Crippen LogP contribution is -2.48. The van der Waals surface area contributed by atoms with E-state index >= 15 is 0 Å². The number of aromatic nitrogens is 4. The lowest BCUT2D eigenvalue weighted by molar-refractivity contribution is -0.133. The molecule has 30 heavy (non-hydrogen) atoms. The molecule has 3 aromatic rings. The van der Waals surface area contributed by atoms with E-state index in [4.69, 9.17) is 0 Å². The number of piperazine rings is 1. The highest BCUT2D eigenvalue weighted by Crippen LogP contribution is 2.10. The van der Waals surface area contributed by atoms with E-state index in [-0.39, 0.29) is 11.5 Å². The molecule has 3 heterocycles. The summed E-state index contributed by atoms with van der Waals surface area (Å²) < 4.78 is 0. The van der Waals surface area contributed by atoms with Gasteiger partial charge in [-0.25, -0.2) is 15.0 Å². The molecule has 0 bridgehead atoms. The number of anilines is 1. The molecular formula is C21H25N7O2. The van der Waals surface area contributed by atoms with Gasteiger partial charge in [-0.3, -0.25) is 14.5 Å². The molecule has 4 rings (SSSR count). The first-order chi connectivity index (χ1) is 14.7. The normalized spacial score (nSPS) is 14.7. The number of H-pyrrole nitrogens is 1. The van der Waals surface area contributed by atoms with Crippen LogP contribution in [0.2, 0.25) is 0 Å². The molecule has 0 unspecified atom stereocenters. The Balaban J connectivity index is 1.22. The number of rotatable bonds is 7. The molecule has 0 spiro atoms. The van der Waals surface area contributed by atoms with Gasteiger partial charge in [0, 0.05) is 51.5 Å². The Bertz CT molecular complexity index is 1050. The zero-order chi connectivity index (χ0) is 20.8. The van der Waals surface area contributed by atoms with Crippen molar-refractivity contribution < 1.29 is 4.79 Å². The van der Waals surface area contributed by atoms with Crippen LogP contribution in [0.4, 0.5) is 5.95 Å². The highest BCUT2D eigenvalue weighted by Gasteiger charge is 2.21. The monoisotopic (exact) mass is 407 g/mol. The summed E-state index contributed by atoms with van der Waals surface area (Å²) in [5.74, 6) is 1.41. The molecule has 0 atom stereocenters. The fourth-order valence-corrected chi connectivity index (χ4v) is 3.57. The van der Waals surface area contributed by atoms with Crippen LogP contribution in [0.15, 0.2) is 47.5 Å². The Labute approximate surface area is 174 Å². The van der Waals surface area contributed by atoms with E-state index in [2.05, 4.69) is 30.2 Å². The second-order valence-electron chi connectivity index (χ2n) is 7.29. The number of hydrogen-bond donors (Lipinski definition) is 2. The van der Waals surface area contributed by atoms with Gasteiger partial charge in [0.25, 0.3) is 5.56 Å². The van der Waals surface area contributed by atoms with Crippen molar-refractivity contribution in [3.63, 3.8) is 0 Å². The van der Waals surface area contributed by atoms with Crippen LogP contribution in [0, 0.1) is 0 Å². The van der Waals surface area contributed by atoms with Crippen LogP contribution in [-0.2, 0) is 11.3 Å². The van der Waals surface area contributed by atoms with Gasteiger partial charge in [0.1, 0.15) is 5.82 Å².